The Bertz CT molecular complexity index is 1360. The zero-order valence-corrected chi connectivity index (χ0v) is 18.7. The van der Waals surface area contributed by atoms with Crippen molar-refractivity contribution in [3.63, 3.8) is 0 Å². The minimum absolute atomic E-state index is 0.0908. The number of nitrogens with one attached hydrogen (secondary N) is 1. The van der Waals surface area contributed by atoms with E-state index < -0.39 is 6.10 Å². The number of fused-ring (bicyclic) bond motifs is 2. The molecule has 1 aliphatic rings. The molecule has 2 N–H and O–H groups in total. The zero-order chi connectivity index (χ0) is 22.4. The number of carbonyl (C=O) groups is 2. The van der Waals surface area contributed by atoms with Gasteiger partial charge in [0.05, 0.1) is 26.7 Å². The van der Waals surface area contributed by atoms with Crippen LogP contribution in [0, 0.1) is 6.92 Å². The van der Waals surface area contributed by atoms with Crippen LogP contribution in [0.3, 0.4) is 0 Å². The molecule has 0 aliphatic carbocycles. The van der Waals surface area contributed by atoms with E-state index in [9.17, 15) is 14.7 Å². The summed E-state index contributed by atoms with van der Waals surface area (Å²) in [6, 6.07) is 9.19. The molecule has 0 saturated carbocycles. The number of H-pyrrole nitrogens is 1. The van der Waals surface area contributed by atoms with Gasteiger partial charge in [-0.1, -0.05) is 6.92 Å². The maximum absolute atomic E-state index is 12.8. The summed E-state index contributed by atoms with van der Waals surface area (Å²) in [7, 11) is 0. The Kier molecular flexibility index (Phi) is 5.19. The van der Waals surface area contributed by atoms with Crippen molar-refractivity contribution in [3.8, 4) is 11.5 Å². The first-order chi connectivity index (χ1) is 15.4. The number of pyridine rings is 1. The highest BCUT2D eigenvalue weighted by Crippen LogP contribution is 2.37. The lowest BCUT2D eigenvalue weighted by Crippen LogP contribution is -2.28. The highest BCUT2D eigenvalue weighted by atomic mass is 32.1. The largest absolute Gasteiger partial charge is 0.456 e. The van der Waals surface area contributed by atoms with Crippen LogP contribution in [0.15, 0.2) is 36.5 Å². The van der Waals surface area contributed by atoms with Gasteiger partial charge in [-0.05, 0) is 31.5 Å². The molecule has 1 amide bonds. The van der Waals surface area contributed by atoms with E-state index in [2.05, 4.69) is 9.97 Å². The standard InChI is InChI=1S/C24H23N3O4S/c1-3-19(29)22-13(2)26-17-10-15(4-5-16(17)22)31-20-6-8-25-18-11-21(32-23(18)20)24(30)27-9-7-14(28)12-27/h4-6,8,10-11,14,26,28H,3,7,9,12H2,1-2H3. The number of ketones is 1. The van der Waals surface area contributed by atoms with Crippen molar-refractivity contribution < 1.29 is 19.4 Å². The second-order valence-corrected chi connectivity index (χ2v) is 9.09. The molecule has 0 radical (unpaired) electrons. The summed E-state index contributed by atoms with van der Waals surface area (Å²) in [5.41, 5.74) is 3.12. The van der Waals surface area contributed by atoms with Crippen LogP contribution in [0.1, 0.15) is 45.5 Å². The van der Waals surface area contributed by atoms with Crippen LogP contribution in [-0.4, -0.2) is 50.9 Å². The molecule has 8 heteroatoms. The summed E-state index contributed by atoms with van der Waals surface area (Å²) >= 11 is 1.34. The number of ether oxygens (including phenoxy) is 1. The molecule has 1 saturated heterocycles. The Labute approximate surface area is 188 Å². The molecule has 4 aromatic rings. The normalized spacial score (nSPS) is 16.2. The average Bonchev–Trinajstić information content (AvgIpc) is 3.49. The summed E-state index contributed by atoms with van der Waals surface area (Å²) in [4.78, 5) is 35.0. The molecule has 3 aromatic heterocycles. The number of aryl methyl sites for hydroxylation is 1. The predicted molar refractivity (Wildman–Crippen MR) is 124 cm³/mol. The van der Waals surface area contributed by atoms with Crippen LogP contribution < -0.4 is 4.74 Å². The number of hydrogen-bond acceptors (Lipinski definition) is 6. The number of aromatic nitrogens is 2. The number of hydrogen-bond donors (Lipinski definition) is 2. The van der Waals surface area contributed by atoms with Crippen molar-refractivity contribution in [1.29, 1.82) is 0 Å². The highest BCUT2D eigenvalue weighted by Gasteiger charge is 2.27. The van der Waals surface area contributed by atoms with Crippen LogP contribution in [0.5, 0.6) is 11.5 Å². The van der Waals surface area contributed by atoms with E-state index in [0.29, 0.717) is 47.8 Å². The third kappa shape index (κ3) is 3.55. The fourth-order valence-corrected chi connectivity index (χ4v) is 5.25. The van der Waals surface area contributed by atoms with E-state index in [-0.39, 0.29) is 11.7 Å². The summed E-state index contributed by atoms with van der Waals surface area (Å²) in [6.45, 7) is 4.68. The Hall–Kier alpha value is -3.23. The molecule has 1 aromatic carbocycles. The number of carbonyl (C=O) groups excluding carboxylic acids is 2. The minimum Gasteiger partial charge on any atom is -0.456 e. The first kappa shape index (κ1) is 20.7. The van der Waals surface area contributed by atoms with Gasteiger partial charge in [0.1, 0.15) is 11.5 Å². The van der Waals surface area contributed by atoms with Crippen LogP contribution in [0.2, 0.25) is 0 Å². The van der Waals surface area contributed by atoms with Crippen molar-refractivity contribution in [1.82, 2.24) is 14.9 Å². The van der Waals surface area contributed by atoms with Gasteiger partial charge in [0.2, 0.25) is 0 Å². The van der Waals surface area contributed by atoms with Crippen molar-refractivity contribution in [2.45, 2.75) is 32.8 Å². The molecule has 5 rings (SSSR count). The van der Waals surface area contributed by atoms with Gasteiger partial charge in [0.15, 0.2) is 5.78 Å². The van der Waals surface area contributed by atoms with Crippen molar-refractivity contribution in [2.75, 3.05) is 13.1 Å². The van der Waals surface area contributed by atoms with Gasteiger partial charge in [-0.15, -0.1) is 11.3 Å². The third-order valence-corrected chi connectivity index (χ3v) is 6.95. The number of Topliss-reactive ketones (excluding diaryl/α,β-unsaturated/α-hetero) is 1. The molecule has 1 fully saturated rings. The molecule has 1 aliphatic heterocycles. The maximum atomic E-state index is 12.8. The summed E-state index contributed by atoms with van der Waals surface area (Å²) in [5.74, 6) is 1.27. The molecule has 4 heterocycles. The maximum Gasteiger partial charge on any atom is 0.264 e. The molecule has 1 unspecified atom stereocenters. The first-order valence-electron chi connectivity index (χ1n) is 10.6. The highest BCUT2D eigenvalue weighted by molar-refractivity contribution is 7.21. The van der Waals surface area contributed by atoms with Gasteiger partial charge in [-0.3, -0.25) is 14.6 Å². The van der Waals surface area contributed by atoms with E-state index in [4.69, 9.17) is 4.74 Å². The van der Waals surface area contributed by atoms with Crippen molar-refractivity contribution in [3.05, 3.63) is 52.7 Å². The Balaban J connectivity index is 1.46. The topological polar surface area (TPSA) is 95.5 Å². The first-order valence-corrected chi connectivity index (χ1v) is 11.5. The molecule has 0 spiro atoms. The number of rotatable bonds is 5. The van der Waals surface area contributed by atoms with Crippen molar-refractivity contribution in [2.24, 2.45) is 0 Å². The number of amides is 1. The lowest BCUT2D eigenvalue weighted by molar-refractivity contribution is 0.0769. The van der Waals surface area contributed by atoms with Crippen LogP contribution >= 0.6 is 11.3 Å². The summed E-state index contributed by atoms with van der Waals surface area (Å²) in [6.07, 6.45) is 2.27. The SMILES string of the molecule is CCC(=O)c1c(C)[nH]c2cc(Oc3ccnc4cc(C(=O)N5CCC(O)C5)sc34)ccc12. The van der Waals surface area contributed by atoms with E-state index in [1.807, 2.05) is 32.0 Å². The number of aliphatic hydroxyl groups is 1. The van der Waals surface area contributed by atoms with Gasteiger partial charge in [0, 0.05) is 54.5 Å². The number of benzene rings is 1. The lowest BCUT2D eigenvalue weighted by Gasteiger charge is -2.13. The third-order valence-electron chi connectivity index (χ3n) is 5.82. The van der Waals surface area contributed by atoms with Crippen molar-refractivity contribution >= 4 is 44.1 Å². The van der Waals surface area contributed by atoms with E-state index >= 15 is 0 Å². The molecule has 0 bridgehead atoms. The van der Waals surface area contributed by atoms with E-state index in [1.165, 1.54) is 11.3 Å². The quantitative estimate of drug-likeness (QED) is 0.432. The number of aromatic amines is 1. The van der Waals surface area contributed by atoms with Crippen LogP contribution in [0.4, 0.5) is 0 Å². The zero-order valence-electron chi connectivity index (χ0n) is 17.8. The van der Waals surface area contributed by atoms with Gasteiger partial charge < -0.3 is 19.7 Å². The van der Waals surface area contributed by atoms with Crippen LogP contribution in [-0.2, 0) is 0 Å². The van der Waals surface area contributed by atoms with E-state index in [1.54, 1.807) is 23.2 Å². The summed E-state index contributed by atoms with van der Waals surface area (Å²) in [5, 5.41) is 10.6. The average molecular weight is 450 g/mol. The molecule has 164 valence electrons. The second kappa shape index (κ2) is 8.03. The van der Waals surface area contributed by atoms with Gasteiger partial charge in [0.25, 0.3) is 5.91 Å². The molecule has 7 nitrogen and oxygen atoms in total. The van der Waals surface area contributed by atoms with Crippen LogP contribution in [0.25, 0.3) is 21.1 Å². The minimum atomic E-state index is -0.454. The number of likely N-dealkylation sites (tertiary alicyclic amines) is 1. The van der Waals surface area contributed by atoms with Gasteiger partial charge in [-0.2, -0.15) is 0 Å². The second-order valence-electron chi connectivity index (χ2n) is 8.04. The molecular formula is C24H23N3O4S. The predicted octanol–water partition coefficient (Wildman–Crippen LogP) is 4.68. The Morgan fingerprint density at radius 3 is 2.91 bits per heavy atom. The molecule has 32 heavy (non-hydrogen) atoms. The fraction of sp³-hybridized carbons (Fsp3) is 0.292. The number of nitrogens with zero attached hydrogens (tertiary/aromatic N) is 2. The monoisotopic (exact) mass is 449 g/mol. The number of aliphatic hydroxyl groups excluding tert-OH is 1. The Morgan fingerprint density at radius 2 is 2.16 bits per heavy atom. The van der Waals surface area contributed by atoms with E-state index in [0.717, 1.165) is 26.9 Å². The lowest BCUT2D eigenvalue weighted by atomic mass is 10.1. The fourth-order valence-electron chi connectivity index (χ4n) is 4.22. The molecule has 1 atom stereocenters. The number of β-amino-alcohol motifs (C(OH)–C–C–N with tert-alkyl or cyclic N) is 1. The van der Waals surface area contributed by atoms with Gasteiger partial charge >= 0.3 is 0 Å². The smallest absolute Gasteiger partial charge is 0.264 e. The van der Waals surface area contributed by atoms with Gasteiger partial charge in [-0.25, -0.2) is 0 Å². The number of thiophene rings is 1. The molecular weight excluding hydrogens is 426 g/mol. The Morgan fingerprint density at radius 1 is 1.31 bits per heavy atom. The summed E-state index contributed by atoms with van der Waals surface area (Å²) < 4.78 is 6.96.